The summed E-state index contributed by atoms with van der Waals surface area (Å²) in [7, 11) is 1.58. The summed E-state index contributed by atoms with van der Waals surface area (Å²) in [4.78, 5) is 23.0. The number of hydrogen-bond donors (Lipinski definition) is 2. The Morgan fingerprint density at radius 2 is 1.60 bits per heavy atom. The van der Waals surface area contributed by atoms with Crippen molar-refractivity contribution in [3.05, 3.63) is 0 Å². The molecule has 0 spiro atoms. The van der Waals surface area contributed by atoms with Crippen LogP contribution in [-0.4, -0.2) is 35.9 Å². The lowest BCUT2D eigenvalue weighted by Gasteiger charge is -2.56. The standard InChI is InChI=1S/C15H24N2O2S/c1-16-13(18)8-17-14(19)9-20-15-5-10-2-11(6-15)4-12(3-10)7-15/h10-12H,2-9H2,1H3,(H,16,18)(H,17,19). The third-order valence-electron chi connectivity index (χ3n) is 5.22. The Morgan fingerprint density at radius 3 is 2.10 bits per heavy atom. The minimum absolute atomic E-state index is 0.00524. The second kappa shape index (κ2) is 5.58. The smallest absolute Gasteiger partial charge is 0.239 e. The van der Waals surface area contributed by atoms with E-state index in [-0.39, 0.29) is 18.4 Å². The van der Waals surface area contributed by atoms with Crippen LogP contribution in [0.15, 0.2) is 0 Å². The summed E-state index contributed by atoms with van der Waals surface area (Å²) >= 11 is 1.86. The van der Waals surface area contributed by atoms with E-state index in [1.165, 1.54) is 38.5 Å². The minimum atomic E-state index is -0.141. The molecule has 0 aromatic heterocycles. The first-order valence-electron chi connectivity index (χ1n) is 7.70. The van der Waals surface area contributed by atoms with E-state index < -0.39 is 0 Å². The molecule has 5 heteroatoms. The molecule has 4 fully saturated rings. The molecule has 4 saturated carbocycles. The van der Waals surface area contributed by atoms with E-state index >= 15 is 0 Å². The highest BCUT2D eigenvalue weighted by molar-refractivity contribution is 8.01. The molecule has 4 rings (SSSR count). The lowest BCUT2D eigenvalue weighted by Crippen LogP contribution is -2.49. The van der Waals surface area contributed by atoms with Gasteiger partial charge < -0.3 is 10.6 Å². The van der Waals surface area contributed by atoms with Gasteiger partial charge in [0.2, 0.25) is 11.8 Å². The van der Waals surface area contributed by atoms with Gasteiger partial charge in [-0.2, -0.15) is 0 Å². The zero-order valence-electron chi connectivity index (χ0n) is 12.1. The van der Waals surface area contributed by atoms with E-state index in [0.717, 1.165) is 17.8 Å². The molecule has 4 aliphatic rings. The van der Waals surface area contributed by atoms with E-state index in [1.807, 2.05) is 11.8 Å². The second-order valence-corrected chi connectivity index (χ2v) is 8.28. The van der Waals surface area contributed by atoms with Crippen LogP contribution in [0.4, 0.5) is 0 Å². The van der Waals surface area contributed by atoms with Crippen LogP contribution in [0.3, 0.4) is 0 Å². The number of nitrogens with one attached hydrogen (secondary N) is 2. The van der Waals surface area contributed by atoms with Crippen molar-refractivity contribution in [2.45, 2.75) is 43.3 Å². The quantitative estimate of drug-likeness (QED) is 0.809. The minimum Gasteiger partial charge on any atom is -0.358 e. The van der Waals surface area contributed by atoms with Gasteiger partial charge in [-0.05, 0) is 56.3 Å². The van der Waals surface area contributed by atoms with Crippen molar-refractivity contribution in [2.75, 3.05) is 19.3 Å². The van der Waals surface area contributed by atoms with Gasteiger partial charge in [0, 0.05) is 11.8 Å². The van der Waals surface area contributed by atoms with Gasteiger partial charge in [-0.25, -0.2) is 0 Å². The van der Waals surface area contributed by atoms with Crippen LogP contribution in [0.1, 0.15) is 38.5 Å². The Bertz CT molecular complexity index is 375. The molecule has 0 aliphatic heterocycles. The third-order valence-corrected chi connectivity index (χ3v) is 6.74. The van der Waals surface area contributed by atoms with Crippen LogP contribution in [0.25, 0.3) is 0 Å². The van der Waals surface area contributed by atoms with Crippen LogP contribution in [0, 0.1) is 17.8 Å². The normalized spacial score (nSPS) is 37.8. The SMILES string of the molecule is CNC(=O)CNC(=O)CSC12CC3CC(CC(C3)C1)C2. The fourth-order valence-electron chi connectivity index (χ4n) is 4.74. The molecule has 2 amide bonds. The fraction of sp³-hybridized carbons (Fsp3) is 0.867. The first-order chi connectivity index (χ1) is 9.58. The van der Waals surface area contributed by atoms with E-state index in [9.17, 15) is 9.59 Å². The molecule has 4 aliphatic carbocycles. The van der Waals surface area contributed by atoms with Crippen molar-refractivity contribution in [1.82, 2.24) is 10.6 Å². The summed E-state index contributed by atoms with van der Waals surface area (Å²) in [5.41, 5.74) is 0. The topological polar surface area (TPSA) is 58.2 Å². The van der Waals surface area contributed by atoms with Gasteiger partial charge in [0.05, 0.1) is 12.3 Å². The molecule has 0 heterocycles. The molecule has 112 valence electrons. The number of carbonyl (C=O) groups is 2. The van der Waals surface area contributed by atoms with Crippen molar-refractivity contribution in [1.29, 1.82) is 0 Å². The maximum Gasteiger partial charge on any atom is 0.239 e. The Kier molecular flexibility index (Phi) is 3.98. The van der Waals surface area contributed by atoms with Gasteiger partial charge in [0.1, 0.15) is 0 Å². The summed E-state index contributed by atoms with van der Waals surface area (Å²) in [6.45, 7) is 0.0940. The average Bonchev–Trinajstić information content (AvgIpc) is 2.41. The van der Waals surface area contributed by atoms with Gasteiger partial charge in [-0.15, -0.1) is 11.8 Å². The summed E-state index contributed by atoms with van der Waals surface area (Å²) in [5.74, 6) is 3.11. The van der Waals surface area contributed by atoms with Crippen LogP contribution < -0.4 is 10.6 Å². The lowest BCUT2D eigenvalue weighted by atomic mass is 9.56. The summed E-state index contributed by atoms with van der Waals surface area (Å²) in [6, 6.07) is 0. The highest BCUT2D eigenvalue weighted by atomic mass is 32.2. The fourth-order valence-corrected chi connectivity index (χ4v) is 6.34. The van der Waals surface area contributed by atoms with Crippen molar-refractivity contribution in [3.63, 3.8) is 0 Å². The van der Waals surface area contributed by atoms with Crippen LogP contribution >= 0.6 is 11.8 Å². The summed E-state index contributed by atoms with van der Waals surface area (Å²) in [5, 5.41) is 5.20. The predicted molar refractivity (Wildman–Crippen MR) is 80.4 cm³/mol. The molecular weight excluding hydrogens is 272 g/mol. The molecular formula is C15H24N2O2S. The first kappa shape index (κ1) is 14.2. The third kappa shape index (κ3) is 2.97. The number of amides is 2. The van der Waals surface area contributed by atoms with E-state index in [4.69, 9.17) is 0 Å². The van der Waals surface area contributed by atoms with Crippen LogP contribution in [-0.2, 0) is 9.59 Å². The number of carbonyl (C=O) groups excluding carboxylic acids is 2. The van der Waals surface area contributed by atoms with Crippen molar-refractivity contribution in [3.8, 4) is 0 Å². The number of rotatable bonds is 5. The molecule has 20 heavy (non-hydrogen) atoms. The maximum absolute atomic E-state index is 11.8. The van der Waals surface area contributed by atoms with Gasteiger partial charge in [0.25, 0.3) is 0 Å². The molecule has 0 aromatic rings. The van der Waals surface area contributed by atoms with Crippen LogP contribution in [0.5, 0.6) is 0 Å². The largest absolute Gasteiger partial charge is 0.358 e. The van der Waals surface area contributed by atoms with Crippen LogP contribution in [0.2, 0.25) is 0 Å². The van der Waals surface area contributed by atoms with Crippen molar-refractivity contribution in [2.24, 2.45) is 17.8 Å². The van der Waals surface area contributed by atoms with Crippen molar-refractivity contribution < 1.29 is 9.59 Å². The zero-order valence-corrected chi connectivity index (χ0v) is 12.9. The Morgan fingerprint density at radius 1 is 1.05 bits per heavy atom. The molecule has 0 atom stereocenters. The van der Waals surface area contributed by atoms with E-state index in [0.29, 0.717) is 10.5 Å². The Labute approximate surface area is 124 Å². The Balaban J connectivity index is 1.48. The number of likely N-dealkylation sites (N-methyl/N-ethyl adjacent to an activating group) is 1. The van der Waals surface area contributed by atoms with E-state index in [2.05, 4.69) is 10.6 Å². The molecule has 4 nitrogen and oxygen atoms in total. The predicted octanol–water partition coefficient (Wildman–Crippen LogP) is 1.55. The molecule has 0 aromatic carbocycles. The van der Waals surface area contributed by atoms with E-state index in [1.54, 1.807) is 7.05 Å². The second-order valence-electron chi connectivity index (χ2n) is 6.84. The number of hydrogen-bond acceptors (Lipinski definition) is 3. The molecule has 2 N–H and O–H groups in total. The first-order valence-corrected chi connectivity index (χ1v) is 8.68. The van der Waals surface area contributed by atoms with Gasteiger partial charge >= 0.3 is 0 Å². The lowest BCUT2D eigenvalue weighted by molar-refractivity contribution is -0.124. The summed E-state index contributed by atoms with van der Waals surface area (Å²) in [6.07, 6.45) is 8.24. The molecule has 0 radical (unpaired) electrons. The molecule has 4 bridgehead atoms. The molecule has 0 unspecified atom stereocenters. The van der Waals surface area contributed by atoms with Gasteiger partial charge in [-0.3, -0.25) is 9.59 Å². The van der Waals surface area contributed by atoms with Gasteiger partial charge in [0.15, 0.2) is 0 Å². The Hall–Kier alpha value is -0.710. The highest BCUT2D eigenvalue weighted by Gasteiger charge is 2.51. The maximum atomic E-state index is 11.8. The zero-order chi connectivity index (χ0) is 14.2. The monoisotopic (exact) mass is 296 g/mol. The average molecular weight is 296 g/mol. The summed E-state index contributed by atoms with van der Waals surface area (Å²) < 4.78 is 0.374. The van der Waals surface area contributed by atoms with Crippen molar-refractivity contribution >= 4 is 23.6 Å². The highest BCUT2D eigenvalue weighted by Crippen LogP contribution is 2.60. The number of thioether (sulfide) groups is 1. The molecule has 0 saturated heterocycles. The van der Waals surface area contributed by atoms with Gasteiger partial charge in [-0.1, -0.05) is 0 Å².